The van der Waals surface area contributed by atoms with Crippen molar-refractivity contribution in [1.82, 2.24) is 0 Å². The number of hydrogen-bond acceptors (Lipinski definition) is 4. The minimum absolute atomic E-state index is 0.0349. The van der Waals surface area contributed by atoms with Crippen LogP contribution in [0.25, 0.3) is 0 Å². The van der Waals surface area contributed by atoms with Crippen LogP contribution >= 0.6 is 0 Å². The maximum Gasteiger partial charge on any atom is 0.152 e. The summed E-state index contributed by atoms with van der Waals surface area (Å²) in [7, 11) is -1.53. The number of sulfone groups is 1. The molecule has 0 aromatic heterocycles. The summed E-state index contributed by atoms with van der Waals surface area (Å²) in [6.07, 6.45) is 0.499. The van der Waals surface area contributed by atoms with Crippen LogP contribution in [0, 0.1) is 5.82 Å². The third kappa shape index (κ3) is 5.97. The highest BCUT2D eigenvalue weighted by Gasteiger charge is 2.09. The molecule has 0 saturated carbocycles. The maximum absolute atomic E-state index is 12.9. The highest BCUT2D eigenvalue weighted by Crippen LogP contribution is 2.08. The molecule has 0 unspecified atom stereocenters. The second-order valence-corrected chi connectivity index (χ2v) is 6.24. The number of halogens is 1. The summed E-state index contributed by atoms with van der Waals surface area (Å²) in [6.45, 7) is 0.718. The quantitative estimate of drug-likeness (QED) is 0.734. The predicted octanol–water partition coefficient (Wildman–Crippen LogP) is 1.69. The molecular formula is C12H18FNO3S. The number of anilines is 1. The Balaban J connectivity index is 2.32. The van der Waals surface area contributed by atoms with E-state index < -0.39 is 9.84 Å². The fourth-order valence-corrected chi connectivity index (χ4v) is 2.65. The van der Waals surface area contributed by atoms with Gasteiger partial charge in [-0.1, -0.05) is 6.07 Å². The van der Waals surface area contributed by atoms with Crippen molar-refractivity contribution >= 4 is 15.5 Å². The van der Waals surface area contributed by atoms with Gasteiger partial charge in [0.1, 0.15) is 5.82 Å². The first-order valence-electron chi connectivity index (χ1n) is 5.72. The van der Waals surface area contributed by atoms with Crippen LogP contribution in [-0.2, 0) is 14.6 Å². The first-order valence-corrected chi connectivity index (χ1v) is 7.54. The van der Waals surface area contributed by atoms with Gasteiger partial charge in [-0.05, 0) is 24.6 Å². The number of nitrogens with one attached hydrogen (secondary N) is 1. The average molecular weight is 275 g/mol. The fraction of sp³-hybridized carbons (Fsp3) is 0.500. The highest BCUT2D eigenvalue weighted by atomic mass is 32.2. The van der Waals surface area contributed by atoms with Crippen LogP contribution in [-0.4, -0.2) is 40.2 Å². The Bertz CT molecular complexity index is 462. The van der Waals surface area contributed by atoms with Gasteiger partial charge in [0.2, 0.25) is 0 Å². The molecule has 18 heavy (non-hydrogen) atoms. The topological polar surface area (TPSA) is 55.4 Å². The molecule has 4 nitrogen and oxygen atoms in total. The van der Waals surface area contributed by atoms with Crippen LogP contribution in [0.3, 0.4) is 0 Å². The Kier molecular flexibility index (Phi) is 6.07. The fourth-order valence-electron chi connectivity index (χ4n) is 1.47. The van der Waals surface area contributed by atoms with E-state index in [1.54, 1.807) is 12.1 Å². The molecule has 0 aliphatic rings. The molecule has 1 aromatic rings. The highest BCUT2D eigenvalue weighted by molar-refractivity contribution is 7.91. The standard InChI is InChI=1S/C12H18FNO3S/c1-17-7-3-8-18(15,16)9-6-14-12-5-2-4-11(13)10-12/h2,4-5,10,14H,3,6-9H2,1H3. The van der Waals surface area contributed by atoms with Crippen molar-refractivity contribution in [2.45, 2.75) is 6.42 Å². The van der Waals surface area contributed by atoms with Crippen molar-refractivity contribution in [3.63, 3.8) is 0 Å². The second-order valence-electron chi connectivity index (χ2n) is 3.94. The molecule has 0 spiro atoms. The van der Waals surface area contributed by atoms with Gasteiger partial charge in [-0.25, -0.2) is 12.8 Å². The summed E-state index contributed by atoms with van der Waals surface area (Å²) in [6, 6.07) is 5.94. The van der Waals surface area contributed by atoms with E-state index in [9.17, 15) is 12.8 Å². The summed E-state index contributed by atoms with van der Waals surface area (Å²) < 4.78 is 40.9. The number of rotatable bonds is 8. The summed E-state index contributed by atoms with van der Waals surface area (Å²) >= 11 is 0. The molecule has 102 valence electrons. The molecule has 0 atom stereocenters. The molecule has 6 heteroatoms. The van der Waals surface area contributed by atoms with Crippen molar-refractivity contribution in [3.8, 4) is 0 Å². The van der Waals surface area contributed by atoms with E-state index >= 15 is 0 Å². The van der Waals surface area contributed by atoms with Crippen molar-refractivity contribution in [1.29, 1.82) is 0 Å². The lowest BCUT2D eigenvalue weighted by Crippen LogP contribution is -2.19. The zero-order valence-electron chi connectivity index (χ0n) is 10.4. The van der Waals surface area contributed by atoms with E-state index in [-0.39, 0.29) is 23.9 Å². The lowest BCUT2D eigenvalue weighted by atomic mass is 10.3. The predicted molar refractivity (Wildman–Crippen MR) is 70.0 cm³/mol. The Morgan fingerprint density at radius 3 is 2.78 bits per heavy atom. The van der Waals surface area contributed by atoms with E-state index in [0.717, 1.165) is 0 Å². The maximum atomic E-state index is 12.9. The lowest BCUT2D eigenvalue weighted by Gasteiger charge is -2.07. The van der Waals surface area contributed by atoms with E-state index in [1.807, 2.05) is 0 Å². The lowest BCUT2D eigenvalue weighted by molar-refractivity contribution is 0.199. The summed E-state index contributed by atoms with van der Waals surface area (Å²) in [5.41, 5.74) is 0.585. The molecule has 0 fully saturated rings. The average Bonchev–Trinajstić information content (AvgIpc) is 2.29. The first kappa shape index (κ1) is 14.9. The molecule has 1 aromatic carbocycles. The molecule has 0 heterocycles. The van der Waals surface area contributed by atoms with Gasteiger partial charge in [0.25, 0.3) is 0 Å². The SMILES string of the molecule is COCCCS(=O)(=O)CCNc1cccc(F)c1. The van der Waals surface area contributed by atoms with Crippen LogP contribution in [0.15, 0.2) is 24.3 Å². The molecule has 0 amide bonds. The van der Waals surface area contributed by atoms with Crippen molar-refractivity contribution < 1.29 is 17.5 Å². The van der Waals surface area contributed by atoms with Gasteiger partial charge < -0.3 is 10.1 Å². The van der Waals surface area contributed by atoms with E-state index in [2.05, 4.69) is 5.32 Å². The summed E-state index contributed by atoms with van der Waals surface area (Å²) in [5, 5.41) is 2.88. The van der Waals surface area contributed by atoms with Crippen LogP contribution < -0.4 is 5.32 Å². The molecule has 0 radical (unpaired) electrons. The van der Waals surface area contributed by atoms with Crippen LogP contribution in [0.4, 0.5) is 10.1 Å². The van der Waals surface area contributed by atoms with Crippen LogP contribution in [0.1, 0.15) is 6.42 Å². The Labute approximate surface area is 107 Å². The van der Waals surface area contributed by atoms with Gasteiger partial charge in [0.05, 0.1) is 11.5 Å². The van der Waals surface area contributed by atoms with Crippen LogP contribution in [0.5, 0.6) is 0 Å². The molecule has 0 saturated heterocycles. The van der Waals surface area contributed by atoms with Gasteiger partial charge in [0.15, 0.2) is 9.84 Å². The molecule has 0 bridgehead atoms. The Hall–Kier alpha value is -1.14. The molecule has 0 aliphatic carbocycles. The number of benzene rings is 1. The van der Waals surface area contributed by atoms with Gasteiger partial charge in [-0.3, -0.25) is 0 Å². The zero-order chi connectivity index (χ0) is 13.4. The second kappa shape index (κ2) is 7.33. The number of methoxy groups -OCH3 is 1. The third-order valence-corrected chi connectivity index (χ3v) is 4.11. The summed E-state index contributed by atoms with van der Waals surface area (Å²) in [5.74, 6) is -0.193. The largest absolute Gasteiger partial charge is 0.385 e. The van der Waals surface area contributed by atoms with E-state index in [1.165, 1.54) is 19.2 Å². The molecule has 0 aliphatic heterocycles. The van der Waals surface area contributed by atoms with Crippen molar-refractivity contribution in [2.75, 3.05) is 37.1 Å². The first-order chi connectivity index (χ1) is 8.53. The minimum Gasteiger partial charge on any atom is -0.385 e. The van der Waals surface area contributed by atoms with Gasteiger partial charge in [-0.2, -0.15) is 0 Å². The normalized spacial score (nSPS) is 11.4. The monoisotopic (exact) mass is 275 g/mol. The smallest absolute Gasteiger partial charge is 0.152 e. The molecule has 1 rings (SSSR count). The van der Waals surface area contributed by atoms with Crippen LogP contribution in [0.2, 0.25) is 0 Å². The zero-order valence-corrected chi connectivity index (χ0v) is 11.2. The minimum atomic E-state index is -3.07. The van der Waals surface area contributed by atoms with Gasteiger partial charge in [0, 0.05) is 25.9 Å². The Morgan fingerprint density at radius 1 is 1.33 bits per heavy atom. The Morgan fingerprint density at radius 2 is 2.11 bits per heavy atom. The third-order valence-electron chi connectivity index (χ3n) is 2.37. The van der Waals surface area contributed by atoms with E-state index in [4.69, 9.17) is 4.74 Å². The van der Waals surface area contributed by atoms with Gasteiger partial charge in [-0.15, -0.1) is 0 Å². The number of hydrogen-bond donors (Lipinski definition) is 1. The summed E-state index contributed by atoms with van der Waals surface area (Å²) in [4.78, 5) is 0. The molecular weight excluding hydrogens is 257 g/mol. The van der Waals surface area contributed by atoms with Crippen molar-refractivity contribution in [2.24, 2.45) is 0 Å². The van der Waals surface area contributed by atoms with E-state index in [0.29, 0.717) is 18.7 Å². The number of ether oxygens (including phenoxy) is 1. The molecule has 1 N–H and O–H groups in total. The van der Waals surface area contributed by atoms with Gasteiger partial charge >= 0.3 is 0 Å². The van der Waals surface area contributed by atoms with Crippen molar-refractivity contribution in [3.05, 3.63) is 30.1 Å².